The lowest BCUT2D eigenvalue weighted by Crippen LogP contribution is -2.48. The molecule has 2 fully saturated rings. The molecule has 0 aromatic heterocycles. The van der Waals surface area contributed by atoms with E-state index in [1.807, 2.05) is 0 Å². The first-order chi connectivity index (χ1) is 15.0. The normalized spacial score (nSPS) is 22.5. The van der Waals surface area contributed by atoms with E-state index in [1.54, 1.807) is 4.90 Å². The van der Waals surface area contributed by atoms with Crippen molar-refractivity contribution in [3.63, 3.8) is 0 Å². The van der Waals surface area contributed by atoms with Gasteiger partial charge in [-0.3, -0.25) is 14.4 Å². The first-order valence-corrected chi connectivity index (χ1v) is 11.7. The maximum absolute atomic E-state index is 13.5. The van der Waals surface area contributed by atoms with Crippen molar-refractivity contribution in [2.75, 3.05) is 11.4 Å². The highest BCUT2D eigenvalue weighted by Crippen LogP contribution is 2.31. The summed E-state index contributed by atoms with van der Waals surface area (Å²) in [4.78, 5) is 42.3. The standard InChI is InChI=1S/C25H31FN2O3/c26-20-11-13-21(14-12-20)28-23(29)17-22(25(28)31)27(16-15-18-7-3-1-4-8-18)24(30)19-9-5-2-6-10-19/h7,11-14,19,22H,1-6,8-10,15-17H2. The van der Waals surface area contributed by atoms with E-state index in [0.29, 0.717) is 12.2 Å². The van der Waals surface area contributed by atoms with Gasteiger partial charge < -0.3 is 4.90 Å². The Bertz CT molecular complexity index is 858. The number of anilines is 1. The first kappa shape index (κ1) is 21.7. The molecule has 6 heteroatoms. The zero-order chi connectivity index (χ0) is 21.8. The van der Waals surface area contributed by atoms with Gasteiger partial charge in [-0.25, -0.2) is 9.29 Å². The van der Waals surface area contributed by atoms with Crippen molar-refractivity contribution in [2.24, 2.45) is 5.92 Å². The Balaban J connectivity index is 1.55. The largest absolute Gasteiger partial charge is 0.330 e. The van der Waals surface area contributed by atoms with Gasteiger partial charge in [0.05, 0.1) is 12.1 Å². The fourth-order valence-electron chi connectivity index (χ4n) is 5.12. The molecule has 5 nitrogen and oxygen atoms in total. The fourth-order valence-corrected chi connectivity index (χ4v) is 5.12. The molecule has 0 spiro atoms. The van der Waals surface area contributed by atoms with E-state index in [4.69, 9.17) is 0 Å². The van der Waals surface area contributed by atoms with Crippen LogP contribution in [0.2, 0.25) is 0 Å². The van der Waals surface area contributed by atoms with Crippen LogP contribution >= 0.6 is 0 Å². The third-order valence-corrected chi connectivity index (χ3v) is 6.88. The number of allylic oxidation sites excluding steroid dienone is 1. The molecule has 31 heavy (non-hydrogen) atoms. The summed E-state index contributed by atoms with van der Waals surface area (Å²) in [5.74, 6) is -1.17. The van der Waals surface area contributed by atoms with Crippen molar-refractivity contribution in [3.8, 4) is 0 Å². The molecular formula is C25H31FN2O3. The molecule has 1 unspecified atom stereocenters. The molecule has 1 saturated heterocycles. The zero-order valence-corrected chi connectivity index (χ0v) is 18.0. The van der Waals surface area contributed by atoms with E-state index < -0.39 is 11.9 Å². The van der Waals surface area contributed by atoms with Gasteiger partial charge in [-0.15, -0.1) is 0 Å². The molecule has 0 bridgehead atoms. The van der Waals surface area contributed by atoms with Crippen LogP contribution in [0.25, 0.3) is 0 Å². The summed E-state index contributed by atoms with van der Waals surface area (Å²) >= 11 is 0. The van der Waals surface area contributed by atoms with Crippen LogP contribution in [0.4, 0.5) is 10.1 Å². The fraction of sp³-hybridized carbons (Fsp3) is 0.560. The Morgan fingerprint density at radius 3 is 2.45 bits per heavy atom. The van der Waals surface area contributed by atoms with E-state index in [1.165, 1.54) is 42.7 Å². The number of carbonyl (C=O) groups is 3. The van der Waals surface area contributed by atoms with Crippen LogP contribution in [0, 0.1) is 11.7 Å². The summed E-state index contributed by atoms with van der Waals surface area (Å²) in [6, 6.07) is 4.59. The molecule has 3 amide bonds. The number of rotatable bonds is 6. The van der Waals surface area contributed by atoms with Gasteiger partial charge in [-0.05, 0) is 69.2 Å². The summed E-state index contributed by atoms with van der Waals surface area (Å²) < 4.78 is 13.3. The lowest BCUT2D eigenvalue weighted by atomic mass is 9.87. The third-order valence-electron chi connectivity index (χ3n) is 6.88. The molecule has 166 valence electrons. The average molecular weight is 427 g/mol. The van der Waals surface area contributed by atoms with E-state index >= 15 is 0 Å². The number of benzene rings is 1. The number of nitrogens with zero attached hydrogens (tertiary/aromatic N) is 2. The van der Waals surface area contributed by atoms with E-state index in [-0.39, 0.29) is 30.1 Å². The second-order valence-electron chi connectivity index (χ2n) is 8.99. The van der Waals surface area contributed by atoms with Gasteiger partial charge in [0, 0.05) is 12.5 Å². The van der Waals surface area contributed by atoms with Crippen LogP contribution in [0.3, 0.4) is 0 Å². The highest BCUT2D eigenvalue weighted by atomic mass is 19.1. The summed E-state index contributed by atoms with van der Waals surface area (Å²) in [5, 5.41) is 0. The average Bonchev–Trinajstić information content (AvgIpc) is 3.09. The van der Waals surface area contributed by atoms with E-state index in [2.05, 4.69) is 6.08 Å². The maximum atomic E-state index is 13.5. The van der Waals surface area contributed by atoms with Crippen molar-refractivity contribution in [2.45, 2.75) is 76.7 Å². The maximum Gasteiger partial charge on any atom is 0.257 e. The molecule has 0 radical (unpaired) electrons. The van der Waals surface area contributed by atoms with Gasteiger partial charge in [0.1, 0.15) is 11.9 Å². The summed E-state index contributed by atoms with van der Waals surface area (Å²) in [6.45, 7) is 0.474. The van der Waals surface area contributed by atoms with Crippen LogP contribution < -0.4 is 4.90 Å². The summed E-state index contributed by atoms with van der Waals surface area (Å²) in [5.41, 5.74) is 1.71. The molecule has 1 aromatic carbocycles. The Morgan fingerprint density at radius 1 is 1.03 bits per heavy atom. The Morgan fingerprint density at radius 2 is 1.77 bits per heavy atom. The molecule has 4 rings (SSSR count). The second-order valence-corrected chi connectivity index (χ2v) is 8.99. The van der Waals surface area contributed by atoms with Gasteiger partial charge in [0.25, 0.3) is 5.91 Å². The monoisotopic (exact) mass is 426 g/mol. The van der Waals surface area contributed by atoms with Gasteiger partial charge in [0.15, 0.2) is 0 Å². The Labute approximate surface area is 183 Å². The van der Waals surface area contributed by atoms with Gasteiger partial charge in [-0.2, -0.15) is 0 Å². The lowest BCUT2D eigenvalue weighted by Gasteiger charge is -2.33. The number of hydrogen-bond donors (Lipinski definition) is 0. The molecule has 1 saturated carbocycles. The Kier molecular flexibility index (Phi) is 6.83. The molecule has 1 heterocycles. The second kappa shape index (κ2) is 9.75. The van der Waals surface area contributed by atoms with Crippen molar-refractivity contribution in [3.05, 3.63) is 41.7 Å². The smallest absolute Gasteiger partial charge is 0.257 e. The third kappa shape index (κ3) is 4.89. The lowest BCUT2D eigenvalue weighted by molar-refractivity contribution is -0.142. The molecule has 2 aliphatic carbocycles. The van der Waals surface area contributed by atoms with Crippen LogP contribution in [0.15, 0.2) is 35.9 Å². The molecule has 0 N–H and O–H groups in total. The predicted molar refractivity (Wildman–Crippen MR) is 117 cm³/mol. The number of imide groups is 1. The van der Waals surface area contributed by atoms with Crippen molar-refractivity contribution >= 4 is 23.4 Å². The van der Waals surface area contributed by atoms with Crippen molar-refractivity contribution < 1.29 is 18.8 Å². The molecule has 1 atom stereocenters. The van der Waals surface area contributed by atoms with Gasteiger partial charge in [0.2, 0.25) is 11.8 Å². The number of amides is 3. The number of hydrogen-bond acceptors (Lipinski definition) is 3. The highest BCUT2D eigenvalue weighted by molar-refractivity contribution is 6.23. The Hall–Kier alpha value is -2.50. The predicted octanol–water partition coefficient (Wildman–Crippen LogP) is 4.76. The minimum Gasteiger partial charge on any atom is -0.330 e. The van der Waals surface area contributed by atoms with Crippen LogP contribution in [-0.2, 0) is 14.4 Å². The van der Waals surface area contributed by atoms with Crippen LogP contribution in [-0.4, -0.2) is 35.2 Å². The van der Waals surface area contributed by atoms with Gasteiger partial charge in [-0.1, -0.05) is 30.9 Å². The minimum atomic E-state index is -0.767. The zero-order valence-electron chi connectivity index (χ0n) is 18.0. The first-order valence-electron chi connectivity index (χ1n) is 11.7. The van der Waals surface area contributed by atoms with E-state index in [9.17, 15) is 18.8 Å². The molecule has 3 aliphatic rings. The topological polar surface area (TPSA) is 57.7 Å². The van der Waals surface area contributed by atoms with Crippen LogP contribution in [0.5, 0.6) is 0 Å². The van der Waals surface area contributed by atoms with E-state index in [0.717, 1.165) is 56.3 Å². The molecular weight excluding hydrogens is 395 g/mol. The van der Waals surface area contributed by atoms with Gasteiger partial charge >= 0.3 is 0 Å². The SMILES string of the molecule is O=C1CC(N(CCC2=CCCCC2)C(=O)C2CCCCC2)C(=O)N1c1ccc(F)cc1. The summed E-state index contributed by atoms with van der Waals surface area (Å²) in [7, 11) is 0. The highest BCUT2D eigenvalue weighted by Gasteiger charge is 2.45. The summed E-state index contributed by atoms with van der Waals surface area (Å²) in [6.07, 6.45) is 12.4. The molecule has 1 aliphatic heterocycles. The minimum absolute atomic E-state index is 0.00623. The van der Waals surface area contributed by atoms with Crippen molar-refractivity contribution in [1.29, 1.82) is 0 Å². The quantitative estimate of drug-likeness (QED) is 0.487. The van der Waals surface area contributed by atoms with Crippen molar-refractivity contribution in [1.82, 2.24) is 4.90 Å². The number of carbonyl (C=O) groups excluding carboxylic acids is 3. The van der Waals surface area contributed by atoms with Crippen LogP contribution in [0.1, 0.15) is 70.6 Å². The number of halogens is 1. The molecule has 1 aromatic rings.